The number of carbonyl (C=O) groups excluding carboxylic acids is 1. The summed E-state index contributed by atoms with van der Waals surface area (Å²) in [5, 5.41) is 7.04. The van der Waals surface area contributed by atoms with Gasteiger partial charge in [0, 0.05) is 18.9 Å². The van der Waals surface area contributed by atoms with Crippen LogP contribution in [0.15, 0.2) is 53.7 Å². The van der Waals surface area contributed by atoms with E-state index < -0.39 is 5.69 Å². The summed E-state index contributed by atoms with van der Waals surface area (Å²) < 4.78 is 1.79. The van der Waals surface area contributed by atoms with Gasteiger partial charge in [-0.25, -0.2) is 9.48 Å². The summed E-state index contributed by atoms with van der Waals surface area (Å²) in [6.07, 6.45) is 5.72. The topological polar surface area (TPSA) is 95.6 Å². The van der Waals surface area contributed by atoms with Crippen molar-refractivity contribution in [3.8, 4) is 5.69 Å². The SMILES string of the molecule is O=C(NCCc1cnn(-c2ccccc2)c1)c1c[nH]c(=O)[nH]1. The predicted octanol–water partition coefficient (Wildman–Crippen LogP) is 0.861. The molecule has 1 amide bonds. The van der Waals surface area contributed by atoms with E-state index in [1.54, 1.807) is 10.9 Å². The Bertz CT molecular complexity index is 816. The Morgan fingerprint density at radius 1 is 1.27 bits per heavy atom. The summed E-state index contributed by atoms with van der Waals surface area (Å²) in [7, 11) is 0. The van der Waals surface area contributed by atoms with Crippen molar-refractivity contribution in [3.05, 3.63) is 70.7 Å². The van der Waals surface area contributed by atoms with E-state index in [-0.39, 0.29) is 11.6 Å². The van der Waals surface area contributed by atoms with Crippen molar-refractivity contribution in [1.82, 2.24) is 25.1 Å². The molecule has 112 valence electrons. The van der Waals surface area contributed by atoms with Crippen molar-refractivity contribution in [1.29, 1.82) is 0 Å². The number of para-hydroxylation sites is 1. The highest BCUT2D eigenvalue weighted by Gasteiger charge is 2.07. The molecule has 7 nitrogen and oxygen atoms in total. The van der Waals surface area contributed by atoms with Gasteiger partial charge in [0.15, 0.2) is 0 Å². The van der Waals surface area contributed by atoms with Crippen molar-refractivity contribution in [2.45, 2.75) is 6.42 Å². The Hall–Kier alpha value is -3.09. The Kier molecular flexibility index (Phi) is 3.86. The zero-order chi connectivity index (χ0) is 15.4. The van der Waals surface area contributed by atoms with E-state index in [0.29, 0.717) is 13.0 Å². The van der Waals surface area contributed by atoms with Crippen molar-refractivity contribution in [3.63, 3.8) is 0 Å². The number of hydrogen-bond acceptors (Lipinski definition) is 3. The Morgan fingerprint density at radius 2 is 2.09 bits per heavy atom. The van der Waals surface area contributed by atoms with Gasteiger partial charge < -0.3 is 15.3 Å². The zero-order valence-corrected chi connectivity index (χ0v) is 11.7. The number of benzene rings is 1. The number of nitrogens with one attached hydrogen (secondary N) is 3. The Labute approximate surface area is 126 Å². The zero-order valence-electron chi connectivity index (χ0n) is 11.7. The molecule has 7 heteroatoms. The molecule has 3 N–H and O–H groups in total. The molecule has 3 rings (SSSR count). The average Bonchev–Trinajstić information content (AvgIpc) is 3.17. The second kappa shape index (κ2) is 6.13. The van der Waals surface area contributed by atoms with E-state index in [1.165, 1.54) is 6.20 Å². The number of H-pyrrole nitrogens is 2. The van der Waals surface area contributed by atoms with Gasteiger partial charge >= 0.3 is 5.69 Å². The normalized spacial score (nSPS) is 10.5. The van der Waals surface area contributed by atoms with Gasteiger partial charge in [-0.15, -0.1) is 0 Å². The number of aromatic amines is 2. The van der Waals surface area contributed by atoms with Crippen LogP contribution in [0.2, 0.25) is 0 Å². The maximum Gasteiger partial charge on any atom is 0.323 e. The van der Waals surface area contributed by atoms with Crippen LogP contribution in [0.25, 0.3) is 5.69 Å². The van der Waals surface area contributed by atoms with Crippen LogP contribution in [0.5, 0.6) is 0 Å². The largest absolute Gasteiger partial charge is 0.350 e. The van der Waals surface area contributed by atoms with Crippen LogP contribution in [-0.2, 0) is 6.42 Å². The molecule has 0 bridgehead atoms. The molecule has 0 saturated heterocycles. The van der Waals surface area contributed by atoms with Crippen molar-refractivity contribution in [2.75, 3.05) is 6.54 Å². The third-order valence-corrected chi connectivity index (χ3v) is 3.20. The molecule has 0 atom stereocenters. The molecule has 0 radical (unpaired) electrons. The molecule has 0 aliphatic carbocycles. The molecule has 0 unspecified atom stereocenters. The van der Waals surface area contributed by atoms with Gasteiger partial charge in [-0.3, -0.25) is 4.79 Å². The van der Waals surface area contributed by atoms with E-state index in [1.807, 2.05) is 36.5 Å². The minimum Gasteiger partial charge on any atom is -0.350 e. The quantitative estimate of drug-likeness (QED) is 0.652. The second-order valence-electron chi connectivity index (χ2n) is 4.79. The van der Waals surface area contributed by atoms with Gasteiger partial charge in [0.2, 0.25) is 0 Å². The van der Waals surface area contributed by atoms with E-state index in [4.69, 9.17) is 0 Å². The maximum absolute atomic E-state index is 11.8. The van der Waals surface area contributed by atoms with Crippen LogP contribution in [0.3, 0.4) is 0 Å². The van der Waals surface area contributed by atoms with Crippen LogP contribution < -0.4 is 11.0 Å². The fourth-order valence-electron chi connectivity index (χ4n) is 2.08. The molecule has 0 aliphatic heterocycles. The number of rotatable bonds is 5. The number of carbonyl (C=O) groups is 1. The van der Waals surface area contributed by atoms with Gasteiger partial charge in [0.05, 0.1) is 11.9 Å². The van der Waals surface area contributed by atoms with Gasteiger partial charge in [-0.05, 0) is 24.1 Å². The molecule has 0 fully saturated rings. The van der Waals surface area contributed by atoms with Crippen LogP contribution in [0.4, 0.5) is 0 Å². The Morgan fingerprint density at radius 3 is 2.82 bits per heavy atom. The molecule has 0 saturated carbocycles. The number of amides is 1. The lowest BCUT2D eigenvalue weighted by molar-refractivity contribution is 0.0949. The summed E-state index contributed by atoms with van der Waals surface area (Å²) in [5.41, 5.74) is 1.84. The molecular weight excluding hydrogens is 282 g/mol. The monoisotopic (exact) mass is 297 g/mol. The van der Waals surface area contributed by atoms with Gasteiger partial charge in [-0.1, -0.05) is 18.2 Å². The predicted molar refractivity (Wildman–Crippen MR) is 81.0 cm³/mol. The van der Waals surface area contributed by atoms with E-state index in [0.717, 1.165) is 11.3 Å². The third kappa shape index (κ3) is 3.14. The van der Waals surface area contributed by atoms with Crippen LogP contribution in [0, 0.1) is 0 Å². The average molecular weight is 297 g/mol. The number of aromatic nitrogens is 4. The molecule has 3 aromatic rings. The fraction of sp³-hybridized carbons (Fsp3) is 0.133. The third-order valence-electron chi connectivity index (χ3n) is 3.20. The van der Waals surface area contributed by atoms with E-state index in [9.17, 15) is 9.59 Å². The molecule has 2 aromatic heterocycles. The summed E-state index contributed by atoms with van der Waals surface area (Å²) in [6, 6.07) is 9.81. The summed E-state index contributed by atoms with van der Waals surface area (Å²) in [4.78, 5) is 27.5. The highest BCUT2D eigenvalue weighted by Crippen LogP contribution is 2.07. The molecular formula is C15H15N5O2. The standard InChI is InChI=1S/C15H15N5O2/c21-14(13-9-17-15(22)19-13)16-7-6-11-8-18-20(10-11)12-4-2-1-3-5-12/h1-5,8-10H,6-7H2,(H,16,21)(H2,17,19,22). The molecule has 1 aromatic carbocycles. The molecule has 0 aliphatic rings. The van der Waals surface area contributed by atoms with Crippen LogP contribution in [0.1, 0.15) is 16.1 Å². The summed E-state index contributed by atoms with van der Waals surface area (Å²) in [6.45, 7) is 0.465. The summed E-state index contributed by atoms with van der Waals surface area (Å²) >= 11 is 0. The minimum atomic E-state index is -0.394. The maximum atomic E-state index is 11.8. The molecule has 2 heterocycles. The first-order valence-electron chi connectivity index (χ1n) is 6.87. The molecule has 22 heavy (non-hydrogen) atoms. The lowest BCUT2D eigenvalue weighted by Gasteiger charge is -2.02. The number of hydrogen-bond donors (Lipinski definition) is 3. The first-order valence-corrected chi connectivity index (χ1v) is 6.87. The molecule has 0 spiro atoms. The highest BCUT2D eigenvalue weighted by molar-refractivity contribution is 5.91. The Balaban J connectivity index is 1.55. The smallest absolute Gasteiger partial charge is 0.323 e. The lowest BCUT2D eigenvalue weighted by atomic mass is 10.2. The van der Waals surface area contributed by atoms with Gasteiger partial charge in [0.1, 0.15) is 5.69 Å². The minimum absolute atomic E-state index is 0.227. The first kappa shape index (κ1) is 13.9. The van der Waals surface area contributed by atoms with Crippen molar-refractivity contribution in [2.24, 2.45) is 0 Å². The van der Waals surface area contributed by atoms with Crippen LogP contribution in [-0.4, -0.2) is 32.2 Å². The van der Waals surface area contributed by atoms with E-state index in [2.05, 4.69) is 20.4 Å². The number of nitrogens with zero attached hydrogens (tertiary/aromatic N) is 2. The van der Waals surface area contributed by atoms with Gasteiger partial charge in [-0.2, -0.15) is 5.10 Å². The van der Waals surface area contributed by atoms with Crippen LogP contribution >= 0.6 is 0 Å². The highest BCUT2D eigenvalue weighted by atomic mass is 16.2. The van der Waals surface area contributed by atoms with E-state index >= 15 is 0 Å². The lowest BCUT2D eigenvalue weighted by Crippen LogP contribution is -2.26. The number of imidazole rings is 1. The van der Waals surface area contributed by atoms with Crippen molar-refractivity contribution < 1.29 is 4.79 Å². The van der Waals surface area contributed by atoms with Gasteiger partial charge in [0.25, 0.3) is 5.91 Å². The second-order valence-corrected chi connectivity index (χ2v) is 4.79. The summed E-state index contributed by atoms with van der Waals surface area (Å²) in [5.74, 6) is -0.311. The van der Waals surface area contributed by atoms with Crippen molar-refractivity contribution >= 4 is 5.91 Å². The first-order chi connectivity index (χ1) is 10.7. The fourth-order valence-corrected chi connectivity index (χ4v) is 2.08.